The molecule has 0 unspecified atom stereocenters. The molecule has 2 aromatic heterocycles. The molecule has 0 fully saturated rings. The first-order valence-corrected chi connectivity index (χ1v) is 9.70. The maximum Gasteiger partial charge on any atom is 0.332 e. The maximum absolute atomic E-state index is 12.0. The molecule has 0 spiro atoms. The number of nitrogens with two attached hydrogens (primary N) is 1. The Labute approximate surface area is 149 Å². The van der Waals surface area contributed by atoms with Gasteiger partial charge >= 0.3 is 7.60 Å². The summed E-state index contributed by atoms with van der Waals surface area (Å²) in [7, 11) is -4.39. The molecule has 0 saturated carbocycles. The van der Waals surface area contributed by atoms with Gasteiger partial charge in [-0.2, -0.15) is 0 Å². The summed E-state index contributed by atoms with van der Waals surface area (Å²) in [5.74, 6) is -0.145. The predicted octanol–water partition coefficient (Wildman–Crippen LogP) is 1.33. The second-order valence-corrected chi connectivity index (χ2v) is 7.93. The van der Waals surface area contributed by atoms with Gasteiger partial charge in [0, 0.05) is 19.1 Å². The summed E-state index contributed by atoms with van der Waals surface area (Å²) in [6.07, 6.45) is 2.98. The number of benzene rings is 1. The summed E-state index contributed by atoms with van der Waals surface area (Å²) >= 11 is 0. The van der Waals surface area contributed by atoms with Crippen molar-refractivity contribution in [1.29, 1.82) is 0 Å². The quantitative estimate of drug-likeness (QED) is 0.451. The van der Waals surface area contributed by atoms with Crippen LogP contribution in [-0.2, 0) is 11.1 Å². The molecule has 10 heteroatoms. The molecular formula is C16H20N5O4P. The molecule has 0 radical (unpaired) electrons. The number of aliphatic hydroxyl groups excluding tert-OH is 1. The summed E-state index contributed by atoms with van der Waals surface area (Å²) in [5.41, 5.74) is 6.29. The largest absolute Gasteiger partial charge is 0.396 e. The Bertz CT molecular complexity index is 927. The van der Waals surface area contributed by atoms with Gasteiger partial charge in [-0.25, -0.2) is 15.0 Å². The molecule has 2 heterocycles. The SMILES string of the molecule is Nc1ncnc2c1ncn2C[C@@H](CO)C[C@H](c1ccccc1)P(=O)(O)O. The first-order chi connectivity index (χ1) is 12.4. The highest BCUT2D eigenvalue weighted by atomic mass is 31.2. The molecule has 3 rings (SSSR count). The van der Waals surface area contributed by atoms with E-state index in [2.05, 4.69) is 15.0 Å². The molecule has 138 valence electrons. The third-order valence-electron chi connectivity index (χ3n) is 4.29. The number of aromatic nitrogens is 4. The number of hydrogen-bond donors (Lipinski definition) is 4. The fraction of sp³-hybridized carbons (Fsp3) is 0.312. The fourth-order valence-electron chi connectivity index (χ4n) is 2.98. The third-order valence-corrected chi connectivity index (χ3v) is 5.61. The van der Waals surface area contributed by atoms with Gasteiger partial charge < -0.3 is 25.2 Å². The number of aliphatic hydroxyl groups is 1. The molecular weight excluding hydrogens is 357 g/mol. The van der Waals surface area contributed by atoms with E-state index in [1.165, 1.54) is 12.7 Å². The normalized spacial score (nSPS) is 14.4. The summed E-state index contributed by atoms with van der Waals surface area (Å²) < 4.78 is 13.7. The third kappa shape index (κ3) is 3.91. The van der Waals surface area contributed by atoms with Crippen LogP contribution in [0.25, 0.3) is 11.2 Å². The van der Waals surface area contributed by atoms with Gasteiger partial charge in [0.15, 0.2) is 11.5 Å². The zero-order valence-corrected chi connectivity index (χ0v) is 14.8. The molecule has 0 bridgehead atoms. The average Bonchev–Trinajstić information content (AvgIpc) is 3.02. The van der Waals surface area contributed by atoms with Crippen LogP contribution in [0.15, 0.2) is 43.0 Å². The lowest BCUT2D eigenvalue weighted by molar-refractivity contribution is 0.198. The number of hydrogen-bond acceptors (Lipinski definition) is 6. The minimum atomic E-state index is -4.39. The van der Waals surface area contributed by atoms with Crippen molar-refractivity contribution < 1.29 is 19.5 Å². The smallest absolute Gasteiger partial charge is 0.332 e. The number of fused-ring (bicyclic) bond motifs is 1. The molecule has 0 aliphatic heterocycles. The monoisotopic (exact) mass is 377 g/mol. The number of rotatable bonds is 7. The Kier molecular flexibility index (Phi) is 5.33. The summed E-state index contributed by atoms with van der Waals surface area (Å²) in [6.45, 7) is 0.0658. The fourth-order valence-corrected chi connectivity index (χ4v) is 4.11. The van der Waals surface area contributed by atoms with E-state index in [1.807, 2.05) is 0 Å². The first-order valence-electron chi connectivity index (χ1n) is 8.02. The van der Waals surface area contributed by atoms with Crippen LogP contribution < -0.4 is 5.73 Å². The van der Waals surface area contributed by atoms with Crippen molar-refractivity contribution in [2.75, 3.05) is 12.3 Å². The molecule has 1 aromatic carbocycles. The Morgan fingerprint density at radius 3 is 2.54 bits per heavy atom. The Balaban J connectivity index is 1.85. The molecule has 5 N–H and O–H groups in total. The summed E-state index contributed by atoms with van der Waals surface area (Å²) in [6, 6.07) is 8.60. The van der Waals surface area contributed by atoms with Gasteiger partial charge in [-0.1, -0.05) is 30.3 Å². The zero-order valence-electron chi connectivity index (χ0n) is 13.9. The van der Waals surface area contributed by atoms with Crippen LogP contribution in [0.2, 0.25) is 0 Å². The molecule has 0 saturated heterocycles. The van der Waals surface area contributed by atoms with E-state index >= 15 is 0 Å². The van der Waals surface area contributed by atoms with Gasteiger partial charge in [0.2, 0.25) is 0 Å². The molecule has 3 aromatic rings. The number of nitrogens with zero attached hydrogens (tertiary/aromatic N) is 4. The van der Waals surface area contributed by atoms with E-state index in [1.54, 1.807) is 34.9 Å². The standard InChI is InChI=1S/C16H20N5O4P/c17-15-14-16(19-9-18-15)21(10-20-14)7-11(8-22)6-13(26(23,24)25)12-4-2-1-3-5-12/h1-5,9-11,13,22H,6-8H2,(H2,17,18,19)(H2,23,24,25)/t11-,13+/m0/s1. The van der Waals surface area contributed by atoms with Crippen molar-refractivity contribution >= 4 is 24.6 Å². The maximum atomic E-state index is 12.0. The van der Waals surface area contributed by atoms with Crippen molar-refractivity contribution in [3.8, 4) is 0 Å². The van der Waals surface area contributed by atoms with Crippen LogP contribution >= 0.6 is 7.60 Å². The van der Waals surface area contributed by atoms with Gasteiger partial charge in [-0.3, -0.25) is 4.57 Å². The number of anilines is 1. The predicted molar refractivity (Wildman–Crippen MR) is 96.2 cm³/mol. The van der Waals surface area contributed by atoms with Crippen molar-refractivity contribution in [2.45, 2.75) is 18.6 Å². The topological polar surface area (TPSA) is 147 Å². The van der Waals surface area contributed by atoms with Gasteiger partial charge in [0.1, 0.15) is 11.8 Å². The van der Waals surface area contributed by atoms with E-state index in [0.29, 0.717) is 23.3 Å². The molecule has 9 nitrogen and oxygen atoms in total. The first kappa shape index (κ1) is 18.5. The van der Waals surface area contributed by atoms with E-state index in [0.717, 1.165) is 0 Å². The highest BCUT2D eigenvalue weighted by Crippen LogP contribution is 2.54. The van der Waals surface area contributed by atoms with Crippen LogP contribution in [0.3, 0.4) is 0 Å². The van der Waals surface area contributed by atoms with Gasteiger partial charge in [0.25, 0.3) is 0 Å². The number of imidazole rings is 1. The minimum absolute atomic E-state index is 0.116. The van der Waals surface area contributed by atoms with Crippen LogP contribution in [0.4, 0.5) is 5.82 Å². The lowest BCUT2D eigenvalue weighted by Gasteiger charge is -2.24. The minimum Gasteiger partial charge on any atom is -0.396 e. The highest BCUT2D eigenvalue weighted by Gasteiger charge is 2.32. The van der Waals surface area contributed by atoms with Gasteiger partial charge in [-0.15, -0.1) is 0 Å². The average molecular weight is 377 g/mol. The van der Waals surface area contributed by atoms with E-state index < -0.39 is 19.2 Å². The Hall–Kier alpha value is -2.32. The van der Waals surface area contributed by atoms with E-state index in [9.17, 15) is 19.5 Å². The van der Waals surface area contributed by atoms with Crippen LogP contribution in [0, 0.1) is 5.92 Å². The van der Waals surface area contributed by atoms with Gasteiger partial charge in [-0.05, 0) is 12.0 Å². The van der Waals surface area contributed by atoms with E-state index in [-0.39, 0.29) is 18.8 Å². The molecule has 2 atom stereocenters. The van der Waals surface area contributed by atoms with Crippen LogP contribution in [-0.4, -0.2) is 41.0 Å². The molecule has 0 amide bonds. The Morgan fingerprint density at radius 1 is 1.15 bits per heavy atom. The summed E-state index contributed by atoms with van der Waals surface area (Å²) in [5, 5.41) is 9.77. The van der Waals surface area contributed by atoms with Crippen molar-refractivity contribution in [3.05, 3.63) is 48.5 Å². The van der Waals surface area contributed by atoms with Crippen molar-refractivity contribution in [3.63, 3.8) is 0 Å². The molecule has 26 heavy (non-hydrogen) atoms. The second kappa shape index (κ2) is 7.51. The number of nitrogen functional groups attached to an aromatic ring is 1. The Morgan fingerprint density at radius 2 is 1.88 bits per heavy atom. The molecule has 0 aliphatic rings. The zero-order chi connectivity index (χ0) is 18.7. The lowest BCUT2D eigenvalue weighted by Crippen LogP contribution is -2.18. The second-order valence-electron chi connectivity index (χ2n) is 6.13. The molecule has 0 aliphatic carbocycles. The van der Waals surface area contributed by atoms with Crippen LogP contribution in [0.1, 0.15) is 17.6 Å². The van der Waals surface area contributed by atoms with Crippen molar-refractivity contribution in [2.24, 2.45) is 5.92 Å². The lowest BCUT2D eigenvalue weighted by atomic mass is 9.99. The van der Waals surface area contributed by atoms with E-state index in [4.69, 9.17) is 5.73 Å². The highest BCUT2D eigenvalue weighted by molar-refractivity contribution is 7.52. The van der Waals surface area contributed by atoms with Crippen molar-refractivity contribution in [1.82, 2.24) is 19.5 Å². The van der Waals surface area contributed by atoms with Crippen LogP contribution in [0.5, 0.6) is 0 Å². The van der Waals surface area contributed by atoms with Gasteiger partial charge in [0.05, 0.1) is 12.0 Å². The summed E-state index contributed by atoms with van der Waals surface area (Å²) in [4.78, 5) is 31.8.